The smallest absolute Gasteiger partial charge is 0.382 e. The zero-order chi connectivity index (χ0) is 22.7. The lowest BCUT2D eigenvalue weighted by molar-refractivity contribution is -0.137. The number of benzene rings is 2. The van der Waals surface area contributed by atoms with Gasteiger partial charge >= 0.3 is 16.3 Å². The van der Waals surface area contributed by atoms with Crippen LogP contribution < -0.4 is 9.50 Å². The summed E-state index contributed by atoms with van der Waals surface area (Å²) >= 11 is 0. The minimum absolute atomic E-state index is 0.269. The van der Waals surface area contributed by atoms with Crippen LogP contribution in [0, 0.1) is 17.1 Å². The number of hydrogen-bond donors (Lipinski definition) is 2. The molecule has 30 heavy (non-hydrogen) atoms. The molecular weight excluding hydrogens is 432 g/mol. The Bertz CT molecular complexity index is 1090. The van der Waals surface area contributed by atoms with Crippen molar-refractivity contribution in [3.05, 3.63) is 59.4 Å². The van der Waals surface area contributed by atoms with E-state index in [0.717, 1.165) is 43.3 Å². The number of nitrogens with zero attached hydrogens (tertiary/aromatic N) is 1. The van der Waals surface area contributed by atoms with E-state index in [9.17, 15) is 35.9 Å². The standard InChI is InChI=1S/C18H14F4N2O5S/c1-17(26,10-30(27,28)29-14-6-3-12(19)4-7-14)16(25)24-13-5-2-11(9-23)15(8-13)18(20,21)22/h2-8,26H,10H2,1H3,(H,24,25). The summed E-state index contributed by atoms with van der Waals surface area (Å²) in [7, 11) is -4.54. The molecule has 160 valence electrons. The maximum Gasteiger partial charge on any atom is 0.417 e. The van der Waals surface area contributed by atoms with E-state index in [1.165, 1.54) is 6.07 Å². The topological polar surface area (TPSA) is 116 Å². The number of carbonyl (C=O) groups excluding carboxylic acids is 1. The number of rotatable bonds is 6. The molecule has 0 radical (unpaired) electrons. The van der Waals surface area contributed by atoms with E-state index in [2.05, 4.69) is 4.18 Å². The average Bonchev–Trinajstić information content (AvgIpc) is 2.61. The molecule has 0 bridgehead atoms. The van der Waals surface area contributed by atoms with Gasteiger partial charge < -0.3 is 14.6 Å². The summed E-state index contributed by atoms with van der Waals surface area (Å²) < 4.78 is 80.7. The Morgan fingerprint density at radius 3 is 2.33 bits per heavy atom. The Morgan fingerprint density at radius 2 is 1.80 bits per heavy atom. The van der Waals surface area contributed by atoms with Crippen molar-refractivity contribution in [2.45, 2.75) is 18.7 Å². The van der Waals surface area contributed by atoms with Gasteiger partial charge in [-0.15, -0.1) is 0 Å². The molecule has 0 fully saturated rings. The second-order valence-corrected chi connectivity index (χ2v) is 7.91. The van der Waals surface area contributed by atoms with Crippen LogP contribution in [0.4, 0.5) is 23.2 Å². The average molecular weight is 446 g/mol. The molecule has 0 aliphatic heterocycles. The molecule has 12 heteroatoms. The van der Waals surface area contributed by atoms with Gasteiger partial charge in [0.2, 0.25) is 0 Å². The van der Waals surface area contributed by atoms with Crippen LogP contribution in [0.3, 0.4) is 0 Å². The molecule has 0 aromatic heterocycles. The highest BCUT2D eigenvalue weighted by Crippen LogP contribution is 2.33. The number of amides is 1. The maximum absolute atomic E-state index is 13.0. The number of nitrogens with one attached hydrogen (secondary N) is 1. The number of hydrogen-bond acceptors (Lipinski definition) is 6. The monoisotopic (exact) mass is 446 g/mol. The van der Waals surface area contributed by atoms with Crippen LogP contribution in [0.2, 0.25) is 0 Å². The molecule has 2 aromatic rings. The van der Waals surface area contributed by atoms with Gasteiger partial charge in [0.25, 0.3) is 5.91 Å². The Balaban J connectivity index is 2.17. The number of aliphatic hydroxyl groups is 1. The fourth-order valence-corrected chi connectivity index (χ4v) is 3.58. The van der Waals surface area contributed by atoms with E-state index in [1.807, 2.05) is 5.32 Å². The Hall–Kier alpha value is -3.17. The van der Waals surface area contributed by atoms with Crippen LogP contribution >= 0.6 is 0 Å². The number of halogens is 4. The molecule has 0 heterocycles. The number of anilines is 1. The van der Waals surface area contributed by atoms with Crippen LogP contribution in [0.1, 0.15) is 18.1 Å². The van der Waals surface area contributed by atoms with Crippen LogP contribution in [-0.4, -0.2) is 30.8 Å². The molecule has 0 aliphatic rings. The van der Waals surface area contributed by atoms with Gasteiger partial charge in [-0.2, -0.15) is 26.9 Å². The summed E-state index contributed by atoms with van der Waals surface area (Å²) in [5.74, 6) is -3.49. The van der Waals surface area contributed by atoms with Crippen molar-refractivity contribution >= 4 is 21.7 Å². The molecule has 2 rings (SSSR count). The van der Waals surface area contributed by atoms with Crippen LogP contribution in [0.25, 0.3) is 0 Å². The van der Waals surface area contributed by atoms with E-state index in [4.69, 9.17) is 5.26 Å². The van der Waals surface area contributed by atoms with Gasteiger partial charge in [-0.05, 0) is 49.4 Å². The van der Waals surface area contributed by atoms with E-state index >= 15 is 0 Å². The molecule has 0 spiro atoms. The van der Waals surface area contributed by atoms with Gasteiger partial charge in [0.05, 0.1) is 17.2 Å². The largest absolute Gasteiger partial charge is 0.417 e. The van der Waals surface area contributed by atoms with Crippen molar-refractivity contribution < 1.29 is 40.1 Å². The molecule has 2 aromatic carbocycles. The highest BCUT2D eigenvalue weighted by molar-refractivity contribution is 7.87. The molecule has 0 saturated heterocycles. The summed E-state index contributed by atoms with van der Waals surface area (Å²) in [5, 5.41) is 21.0. The van der Waals surface area contributed by atoms with Gasteiger partial charge in [-0.1, -0.05) is 0 Å². The first-order chi connectivity index (χ1) is 13.7. The van der Waals surface area contributed by atoms with E-state index < -0.39 is 56.2 Å². The lowest BCUT2D eigenvalue weighted by Crippen LogP contribution is -2.46. The van der Waals surface area contributed by atoms with Gasteiger partial charge in [0.1, 0.15) is 17.3 Å². The predicted molar refractivity (Wildman–Crippen MR) is 96.2 cm³/mol. The Labute approximate surface area is 168 Å². The Morgan fingerprint density at radius 1 is 1.20 bits per heavy atom. The first-order valence-electron chi connectivity index (χ1n) is 8.06. The van der Waals surface area contributed by atoms with Crippen molar-refractivity contribution in [3.8, 4) is 11.8 Å². The molecule has 1 atom stereocenters. The molecule has 1 amide bonds. The zero-order valence-corrected chi connectivity index (χ0v) is 16.0. The highest BCUT2D eigenvalue weighted by atomic mass is 32.2. The zero-order valence-electron chi connectivity index (χ0n) is 15.2. The van der Waals surface area contributed by atoms with E-state index in [1.54, 1.807) is 0 Å². The van der Waals surface area contributed by atoms with E-state index in [-0.39, 0.29) is 5.75 Å². The van der Waals surface area contributed by atoms with Crippen molar-refractivity contribution in [1.29, 1.82) is 5.26 Å². The van der Waals surface area contributed by atoms with Gasteiger partial charge in [0, 0.05) is 5.69 Å². The first kappa shape index (κ1) is 23.1. The third-order valence-electron chi connectivity index (χ3n) is 3.69. The lowest BCUT2D eigenvalue weighted by Gasteiger charge is -2.22. The second-order valence-electron chi connectivity index (χ2n) is 6.34. The van der Waals surface area contributed by atoms with Crippen LogP contribution in [0.5, 0.6) is 5.75 Å². The van der Waals surface area contributed by atoms with Crippen LogP contribution in [0.15, 0.2) is 42.5 Å². The summed E-state index contributed by atoms with van der Waals surface area (Å²) in [5.41, 5.74) is -4.99. The molecule has 0 saturated carbocycles. The third kappa shape index (κ3) is 5.91. The third-order valence-corrected chi connectivity index (χ3v) is 5.05. The number of carbonyl (C=O) groups is 1. The van der Waals surface area contributed by atoms with Gasteiger partial charge in [-0.3, -0.25) is 4.79 Å². The van der Waals surface area contributed by atoms with E-state index in [0.29, 0.717) is 6.07 Å². The summed E-state index contributed by atoms with van der Waals surface area (Å²) in [6.07, 6.45) is -4.87. The second kappa shape index (κ2) is 8.29. The molecular formula is C18H14F4N2O5S. The first-order valence-corrected chi connectivity index (χ1v) is 9.64. The highest BCUT2D eigenvalue weighted by Gasteiger charge is 2.38. The molecule has 0 aliphatic carbocycles. The Kier molecular flexibility index (Phi) is 6.39. The summed E-state index contributed by atoms with van der Waals surface area (Å²) in [4.78, 5) is 12.2. The van der Waals surface area contributed by atoms with Crippen molar-refractivity contribution in [1.82, 2.24) is 0 Å². The fourth-order valence-electron chi connectivity index (χ4n) is 2.30. The summed E-state index contributed by atoms with van der Waals surface area (Å²) in [6, 6.07) is 7.54. The molecule has 7 nitrogen and oxygen atoms in total. The molecule has 1 unspecified atom stereocenters. The van der Waals surface area contributed by atoms with Crippen molar-refractivity contribution in [3.63, 3.8) is 0 Å². The summed E-state index contributed by atoms with van der Waals surface area (Å²) in [6.45, 7) is 0.822. The number of nitriles is 1. The maximum atomic E-state index is 13.0. The minimum atomic E-state index is -4.87. The SMILES string of the molecule is CC(O)(CS(=O)(=O)Oc1ccc(F)cc1)C(=O)Nc1ccc(C#N)c(C(F)(F)F)c1. The van der Waals surface area contributed by atoms with Crippen molar-refractivity contribution in [2.24, 2.45) is 0 Å². The quantitative estimate of drug-likeness (QED) is 0.521. The normalized spacial score (nSPS) is 13.8. The molecule has 2 N–H and O–H groups in total. The minimum Gasteiger partial charge on any atom is -0.382 e. The number of alkyl halides is 3. The predicted octanol–water partition coefficient (Wildman–Crippen LogP) is 2.81. The van der Waals surface area contributed by atoms with Gasteiger partial charge in [0.15, 0.2) is 5.60 Å². The van der Waals surface area contributed by atoms with Gasteiger partial charge in [-0.25, -0.2) is 4.39 Å². The lowest BCUT2D eigenvalue weighted by atomic mass is 10.1. The van der Waals surface area contributed by atoms with Crippen molar-refractivity contribution in [2.75, 3.05) is 11.1 Å². The fraction of sp³-hybridized carbons (Fsp3) is 0.222. The van der Waals surface area contributed by atoms with Crippen LogP contribution in [-0.2, 0) is 21.1 Å².